The number of ether oxygens (including phenoxy) is 1. The van der Waals surface area contributed by atoms with Crippen molar-refractivity contribution in [3.63, 3.8) is 0 Å². The van der Waals surface area contributed by atoms with Gasteiger partial charge < -0.3 is 9.64 Å². The monoisotopic (exact) mass is 350 g/mol. The molecule has 0 aliphatic carbocycles. The number of anilines is 1. The Balaban J connectivity index is 1.55. The number of carbonyl (C=O) groups is 1. The van der Waals surface area contributed by atoms with Gasteiger partial charge in [-0.15, -0.1) is 0 Å². The van der Waals surface area contributed by atoms with Crippen molar-refractivity contribution in [1.82, 2.24) is 4.98 Å². The number of fused-ring (bicyclic) bond motifs is 1. The quantitative estimate of drug-likeness (QED) is 0.695. The fourth-order valence-electron chi connectivity index (χ4n) is 3.03. The van der Waals surface area contributed by atoms with E-state index >= 15 is 0 Å². The number of esters is 1. The van der Waals surface area contributed by atoms with Crippen molar-refractivity contribution in [1.29, 1.82) is 0 Å². The molecule has 0 amide bonds. The van der Waals surface area contributed by atoms with Crippen LogP contribution >= 0.6 is 11.3 Å². The lowest BCUT2D eigenvalue weighted by atomic mass is 9.98. The molecule has 0 spiro atoms. The van der Waals surface area contributed by atoms with E-state index in [0.717, 1.165) is 41.0 Å². The first-order valence-electron chi connectivity index (χ1n) is 8.62. The Bertz CT molecular complexity index is 706. The van der Waals surface area contributed by atoms with Crippen LogP contribution in [0, 0.1) is 11.7 Å². The third-order valence-corrected chi connectivity index (χ3v) is 5.43. The molecule has 130 valence electrons. The molecule has 2 aromatic rings. The van der Waals surface area contributed by atoms with Crippen molar-refractivity contribution in [3.8, 4) is 0 Å². The van der Waals surface area contributed by atoms with E-state index in [-0.39, 0.29) is 23.8 Å². The van der Waals surface area contributed by atoms with Crippen LogP contribution in [0.25, 0.3) is 10.2 Å². The highest BCUT2D eigenvalue weighted by molar-refractivity contribution is 7.22. The number of rotatable bonds is 7. The normalized spacial score (nSPS) is 15.1. The van der Waals surface area contributed by atoms with Gasteiger partial charge in [-0.2, -0.15) is 0 Å². The lowest BCUT2D eigenvalue weighted by Gasteiger charge is -2.38. The summed E-state index contributed by atoms with van der Waals surface area (Å²) in [5, 5.41) is 0.863. The Labute approximate surface area is 145 Å². The molecule has 0 bridgehead atoms. The highest BCUT2D eigenvalue weighted by atomic mass is 32.1. The first-order valence-corrected chi connectivity index (χ1v) is 9.43. The minimum absolute atomic E-state index is 0.0273. The summed E-state index contributed by atoms with van der Waals surface area (Å²) in [5.41, 5.74) is 0.808. The van der Waals surface area contributed by atoms with Gasteiger partial charge in [0, 0.05) is 0 Å². The molecule has 0 atom stereocenters. The average molecular weight is 350 g/mol. The summed E-state index contributed by atoms with van der Waals surface area (Å²) >= 11 is 1.47. The van der Waals surface area contributed by atoms with Crippen molar-refractivity contribution < 1.29 is 13.9 Å². The molecular weight excluding hydrogens is 327 g/mol. The third kappa shape index (κ3) is 3.69. The fraction of sp³-hybridized carbons (Fsp3) is 0.556. The minimum Gasteiger partial charge on any atom is -0.458 e. The van der Waals surface area contributed by atoms with E-state index < -0.39 is 0 Å². The molecule has 1 saturated heterocycles. The Morgan fingerprint density at radius 1 is 1.38 bits per heavy atom. The SMILES string of the molecule is CCCC(CCC)C(=O)OC1CN(c2nc3ccc(F)cc3s2)C1. The van der Waals surface area contributed by atoms with Crippen LogP contribution in [0.3, 0.4) is 0 Å². The molecule has 2 heterocycles. The summed E-state index contributed by atoms with van der Waals surface area (Å²) in [5.74, 6) is -0.278. The van der Waals surface area contributed by atoms with E-state index in [0.29, 0.717) is 13.1 Å². The highest BCUT2D eigenvalue weighted by Crippen LogP contribution is 2.32. The second-order valence-corrected chi connectivity index (χ2v) is 7.36. The van der Waals surface area contributed by atoms with Crippen molar-refractivity contribution >= 4 is 32.7 Å². The van der Waals surface area contributed by atoms with Gasteiger partial charge in [-0.1, -0.05) is 38.0 Å². The third-order valence-electron chi connectivity index (χ3n) is 4.35. The van der Waals surface area contributed by atoms with Gasteiger partial charge in [-0.3, -0.25) is 4.79 Å². The van der Waals surface area contributed by atoms with Crippen LogP contribution < -0.4 is 4.90 Å². The predicted octanol–water partition coefficient (Wildman–Crippen LogP) is 4.38. The molecule has 3 rings (SSSR count). The summed E-state index contributed by atoms with van der Waals surface area (Å²) in [6.45, 7) is 5.52. The Kier molecular flexibility index (Phi) is 5.33. The van der Waals surface area contributed by atoms with Crippen LogP contribution in [0.4, 0.5) is 9.52 Å². The predicted molar refractivity (Wildman–Crippen MR) is 95.0 cm³/mol. The van der Waals surface area contributed by atoms with Gasteiger partial charge in [0.15, 0.2) is 5.13 Å². The van der Waals surface area contributed by atoms with Gasteiger partial charge in [-0.25, -0.2) is 9.37 Å². The van der Waals surface area contributed by atoms with Crippen molar-refractivity contribution in [2.24, 2.45) is 5.92 Å². The summed E-state index contributed by atoms with van der Waals surface area (Å²) in [4.78, 5) is 18.9. The molecule has 0 saturated carbocycles. The smallest absolute Gasteiger partial charge is 0.309 e. The van der Waals surface area contributed by atoms with E-state index in [9.17, 15) is 9.18 Å². The molecule has 0 unspecified atom stereocenters. The maximum Gasteiger partial charge on any atom is 0.309 e. The molecule has 6 heteroatoms. The first-order chi connectivity index (χ1) is 11.6. The van der Waals surface area contributed by atoms with Crippen molar-refractivity contribution in [3.05, 3.63) is 24.0 Å². The lowest BCUT2D eigenvalue weighted by Crippen LogP contribution is -2.53. The number of halogens is 1. The molecule has 1 aliphatic heterocycles. The number of nitrogens with zero attached hydrogens (tertiary/aromatic N) is 2. The van der Waals surface area contributed by atoms with Gasteiger partial charge in [-0.05, 0) is 31.0 Å². The molecule has 1 aliphatic rings. The van der Waals surface area contributed by atoms with Crippen molar-refractivity contribution in [2.75, 3.05) is 18.0 Å². The van der Waals surface area contributed by atoms with E-state index in [1.54, 1.807) is 6.07 Å². The number of thiazole rings is 1. The standard InChI is InChI=1S/C18H23FN2O2S/c1-3-5-12(6-4-2)17(22)23-14-10-21(11-14)18-20-15-8-7-13(19)9-16(15)24-18/h7-9,12,14H,3-6,10-11H2,1-2H3. The largest absolute Gasteiger partial charge is 0.458 e. The van der Waals surface area contributed by atoms with Gasteiger partial charge in [0.05, 0.1) is 29.2 Å². The second-order valence-electron chi connectivity index (χ2n) is 6.35. The average Bonchev–Trinajstić information content (AvgIpc) is 2.92. The summed E-state index contributed by atoms with van der Waals surface area (Å²) < 4.78 is 19.7. The van der Waals surface area contributed by atoms with E-state index in [4.69, 9.17) is 4.74 Å². The molecule has 1 aromatic heterocycles. The first kappa shape index (κ1) is 17.1. The lowest BCUT2D eigenvalue weighted by molar-refractivity contribution is -0.155. The van der Waals surface area contributed by atoms with Crippen molar-refractivity contribution in [2.45, 2.75) is 45.6 Å². The Morgan fingerprint density at radius 3 is 2.75 bits per heavy atom. The minimum atomic E-state index is -0.244. The molecule has 4 nitrogen and oxygen atoms in total. The van der Waals surface area contributed by atoms with Crippen LogP contribution in [0.1, 0.15) is 39.5 Å². The number of hydrogen-bond acceptors (Lipinski definition) is 5. The van der Waals surface area contributed by atoms with Gasteiger partial charge >= 0.3 is 5.97 Å². The number of benzene rings is 1. The zero-order valence-corrected chi connectivity index (χ0v) is 14.9. The highest BCUT2D eigenvalue weighted by Gasteiger charge is 2.33. The number of aromatic nitrogens is 1. The van der Waals surface area contributed by atoms with E-state index in [1.807, 2.05) is 0 Å². The van der Waals surface area contributed by atoms with E-state index in [1.165, 1.54) is 23.5 Å². The topological polar surface area (TPSA) is 42.4 Å². The van der Waals surface area contributed by atoms with E-state index in [2.05, 4.69) is 23.7 Å². The van der Waals surface area contributed by atoms with Crippen LogP contribution in [-0.4, -0.2) is 30.1 Å². The summed E-state index contributed by atoms with van der Waals surface area (Å²) in [6, 6.07) is 4.63. The molecule has 0 N–H and O–H groups in total. The summed E-state index contributed by atoms with van der Waals surface area (Å²) in [7, 11) is 0. The number of carbonyl (C=O) groups excluding carboxylic acids is 1. The second kappa shape index (κ2) is 7.47. The van der Waals surface area contributed by atoms with Gasteiger partial charge in [0.25, 0.3) is 0 Å². The van der Waals surface area contributed by atoms with Crippen LogP contribution in [0.2, 0.25) is 0 Å². The fourth-order valence-corrected chi connectivity index (χ4v) is 4.04. The van der Waals surface area contributed by atoms with Crippen LogP contribution in [0.5, 0.6) is 0 Å². The van der Waals surface area contributed by atoms with Crippen LogP contribution in [0.15, 0.2) is 18.2 Å². The number of hydrogen-bond donors (Lipinski definition) is 0. The Hall–Kier alpha value is -1.69. The Morgan fingerprint density at radius 2 is 2.08 bits per heavy atom. The molecular formula is C18H23FN2O2S. The molecule has 0 radical (unpaired) electrons. The maximum absolute atomic E-state index is 13.3. The molecule has 24 heavy (non-hydrogen) atoms. The maximum atomic E-state index is 13.3. The molecule has 1 aromatic carbocycles. The van der Waals surface area contributed by atoms with Crippen LogP contribution in [-0.2, 0) is 9.53 Å². The zero-order valence-electron chi connectivity index (χ0n) is 14.1. The zero-order chi connectivity index (χ0) is 17.1. The summed E-state index contributed by atoms with van der Waals surface area (Å²) in [6.07, 6.45) is 3.73. The molecule has 1 fully saturated rings. The van der Waals surface area contributed by atoms with Gasteiger partial charge in [0.1, 0.15) is 11.9 Å². The van der Waals surface area contributed by atoms with Gasteiger partial charge in [0.2, 0.25) is 0 Å².